The molecule has 0 radical (unpaired) electrons. The highest BCUT2D eigenvalue weighted by atomic mass is 16.5. The molecule has 3 rings (SSSR count). The average molecular weight is 382 g/mol. The van der Waals surface area contributed by atoms with E-state index in [1.807, 2.05) is 18.2 Å². The summed E-state index contributed by atoms with van der Waals surface area (Å²) in [4.78, 5) is 37.5. The van der Waals surface area contributed by atoms with E-state index in [4.69, 9.17) is 9.84 Å². The van der Waals surface area contributed by atoms with Gasteiger partial charge in [-0.25, -0.2) is 4.79 Å². The molecular weight excluding hydrogens is 360 g/mol. The van der Waals surface area contributed by atoms with E-state index in [2.05, 4.69) is 5.32 Å². The standard InChI is InChI=1S/C21H22N2O5/c1-28-18-8-3-2-7-17(18)23-13-16(12-19(23)24)20(25)22-10-9-14-5-4-6-15(11-14)21(26)27/h2-8,11,16H,9-10,12-13H2,1H3,(H,22,25)(H,26,27). The number of hydrogen-bond acceptors (Lipinski definition) is 4. The Labute approximate surface area is 162 Å². The van der Waals surface area contributed by atoms with Crippen LogP contribution in [0.2, 0.25) is 0 Å². The number of benzene rings is 2. The normalized spacial score (nSPS) is 16.1. The van der Waals surface area contributed by atoms with E-state index < -0.39 is 11.9 Å². The Kier molecular flexibility index (Phi) is 5.93. The molecule has 7 heteroatoms. The van der Waals surface area contributed by atoms with Crippen LogP contribution >= 0.6 is 0 Å². The number of anilines is 1. The number of carboxylic acids is 1. The molecule has 1 saturated heterocycles. The first kappa shape index (κ1) is 19.4. The molecule has 0 spiro atoms. The molecule has 0 saturated carbocycles. The zero-order chi connectivity index (χ0) is 20.1. The predicted molar refractivity (Wildman–Crippen MR) is 104 cm³/mol. The fraction of sp³-hybridized carbons (Fsp3) is 0.286. The van der Waals surface area contributed by atoms with Gasteiger partial charge in [0.05, 0.1) is 24.3 Å². The van der Waals surface area contributed by atoms with Crippen LogP contribution in [0.15, 0.2) is 48.5 Å². The van der Waals surface area contributed by atoms with Gasteiger partial charge in [0.25, 0.3) is 0 Å². The van der Waals surface area contributed by atoms with Gasteiger partial charge in [0.15, 0.2) is 0 Å². The molecule has 7 nitrogen and oxygen atoms in total. The molecule has 2 amide bonds. The second-order valence-corrected chi connectivity index (χ2v) is 6.62. The van der Waals surface area contributed by atoms with Gasteiger partial charge >= 0.3 is 5.97 Å². The van der Waals surface area contributed by atoms with Gasteiger partial charge in [-0.1, -0.05) is 24.3 Å². The topological polar surface area (TPSA) is 95.9 Å². The summed E-state index contributed by atoms with van der Waals surface area (Å²) in [5.74, 6) is -1.11. The number of para-hydroxylation sites is 2. The van der Waals surface area contributed by atoms with Gasteiger partial charge in [-0.05, 0) is 36.2 Å². The largest absolute Gasteiger partial charge is 0.495 e. The molecule has 28 heavy (non-hydrogen) atoms. The molecule has 0 aromatic heterocycles. The molecule has 2 aromatic carbocycles. The Morgan fingerprint density at radius 1 is 1.21 bits per heavy atom. The fourth-order valence-corrected chi connectivity index (χ4v) is 3.30. The Morgan fingerprint density at radius 3 is 2.75 bits per heavy atom. The second-order valence-electron chi connectivity index (χ2n) is 6.62. The summed E-state index contributed by atoms with van der Waals surface area (Å²) in [6.45, 7) is 0.681. The lowest BCUT2D eigenvalue weighted by molar-refractivity contribution is -0.126. The van der Waals surface area contributed by atoms with Gasteiger partial charge in [0, 0.05) is 19.5 Å². The number of hydrogen-bond donors (Lipinski definition) is 2. The van der Waals surface area contributed by atoms with Crippen molar-refractivity contribution in [1.29, 1.82) is 0 Å². The highest BCUT2D eigenvalue weighted by molar-refractivity contribution is 6.01. The number of carboxylic acid groups (broad SMARTS) is 1. The van der Waals surface area contributed by atoms with E-state index in [0.29, 0.717) is 30.9 Å². The highest BCUT2D eigenvalue weighted by Crippen LogP contribution is 2.32. The quantitative estimate of drug-likeness (QED) is 0.765. The SMILES string of the molecule is COc1ccccc1N1CC(C(=O)NCCc2cccc(C(=O)O)c2)CC1=O. The third-order valence-corrected chi connectivity index (χ3v) is 4.76. The maximum Gasteiger partial charge on any atom is 0.335 e. The van der Waals surface area contributed by atoms with Crippen LogP contribution in [0.4, 0.5) is 5.69 Å². The summed E-state index contributed by atoms with van der Waals surface area (Å²) < 4.78 is 5.31. The van der Waals surface area contributed by atoms with Crippen molar-refractivity contribution in [2.24, 2.45) is 5.92 Å². The van der Waals surface area contributed by atoms with Crippen molar-refractivity contribution in [3.8, 4) is 5.75 Å². The first-order valence-electron chi connectivity index (χ1n) is 9.03. The summed E-state index contributed by atoms with van der Waals surface area (Å²) in [6, 6.07) is 13.9. The maximum absolute atomic E-state index is 12.5. The highest BCUT2D eigenvalue weighted by Gasteiger charge is 2.36. The molecular formula is C21H22N2O5. The van der Waals surface area contributed by atoms with Crippen molar-refractivity contribution in [3.05, 3.63) is 59.7 Å². The smallest absolute Gasteiger partial charge is 0.335 e. The monoisotopic (exact) mass is 382 g/mol. The molecule has 1 aliphatic heterocycles. The number of amides is 2. The van der Waals surface area contributed by atoms with Crippen LogP contribution < -0.4 is 15.0 Å². The lowest BCUT2D eigenvalue weighted by Gasteiger charge is -2.19. The Hall–Kier alpha value is -3.35. The minimum Gasteiger partial charge on any atom is -0.495 e. The van der Waals surface area contributed by atoms with Crippen LogP contribution in [0.5, 0.6) is 5.75 Å². The van der Waals surface area contributed by atoms with Crippen LogP contribution in [0.25, 0.3) is 0 Å². The van der Waals surface area contributed by atoms with Gasteiger partial charge in [-0.15, -0.1) is 0 Å². The number of methoxy groups -OCH3 is 1. The molecule has 1 unspecified atom stereocenters. The van der Waals surface area contributed by atoms with Crippen molar-refractivity contribution in [2.75, 3.05) is 25.1 Å². The zero-order valence-corrected chi connectivity index (χ0v) is 15.6. The molecule has 1 aliphatic rings. The summed E-state index contributed by atoms with van der Waals surface area (Å²) in [5, 5.41) is 11.9. The molecule has 2 N–H and O–H groups in total. The molecule has 2 aromatic rings. The van der Waals surface area contributed by atoms with Gasteiger partial charge in [-0.3, -0.25) is 9.59 Å². The van der Waals surface area contributed by atoms with E-state index in [-0.39, 0.29) is 23.8 Å². The lowest BCUT2D eigenvalue weighted by Crippen LogP contribution is -2.34. The Morgan fingerprint density at radius 2 is 2.00 bits per heavy atom. The van der Waals surface area contributed by atoms with E-state index in [9.17, 15) is 14.4 Å². The molecule has 1 fully saturated rings. The zero-order valence-electron chi connectivity index (χ0n) is 15.6. The number of aromatic carboxylic acids is 1. The van der Waals surface area contributed by atoms with Gasteiger partial charge < -0.3 is 20.1 Å². The number of nitrogens with one attached hydrogen (secondary N) is 1. The summed E-state index contributed by atoms with van der Waals surface area (Å²) >= 11 is 0. The predicted octanol–water partition coefficient (Wildman–Crippen LogP) is 2.11. The Balaban J connectivity index is 1.56. The van der Waals surface area contributed by atoms with Crippen molar-refractivity contribution in [3.63, 3.8) is 0 Å². The van der Waals surface area contributed by atoms with E-state index in [0.717, 1.165) is 5.56 Å². The number of carbonyl (C=O) groups is 3. The van der Waals surface area contributed by atoms with Crippen LogP contribution in [-0.2, 0) is 16.0 Å². The minimum absolute atomic E-state index is 0.112. The number of nitrogens with zero attached hydrogens (tertiary/aromatic N) is 1. The molecule has 1 atom stereocenters. The lowest BCUT2D eigenvalue weighted by atomic mass is 10.1. The molecule has 146 valence electrons. The summed E-state index contributed by atoms with van der Waals surface area (Å²) in [6.07, 6.45) is 0.669. The van der Waals surface area contributed by atoms with Crippen molar-refractivity contribution in [1.82, 2.24) is 5.32 Å². The second kappa shape index (κ2) is 8.56. The number of carbonyl (C=O) groups excluding carboxylic acids is 2. The summed E-state index contributed by atoms with van der Waals surface area (Å²) in [5.41, 5.74) is 1.71. The van der Waals surface area contributed by atoms with Crippen LogP contribution in [0.1, 0.15) is 22.3 Å². The van der Waals surface area contributed by atoms with Gasteiger partial charge in [0.1, 0.15) is 5.75 Å². The minimum atomic E-state index is -0.980. The van der Waals surface area contributed by atoms with Gasteiger partial charge in [0.2, 0.25) is 11.8 Å². The third kappa shape index (κ3) is 4.31. The number of rotatable bonds is 7. The van der Waals surface area contributed by atoms with E-state index in [1.54, 1.807) is 36.3 Å². The fourth-order valence-electron chi connectivity index (χ4n) is 3.30. The molecule has 0 bridgehead atoms. The van der Waals surface area contributed by atoms with Crippen molar-refractivity contribution in [2.45, 2.75) is 12.8 Å². The molecule has 1 heterocycles. The maximum atomic E-state index is 12.5. The van der Waals surface area contributed by atoms with Crippen LogP contribution in [-0.4, -0.2) is 43.1 Å². The van der Waals surface area contributed by atoms with Crippen molar-refractivity contribution >= 4 is 23.5 Å². The van der Waals surface area contributed by atoms with Gasteiger partial charge in [-0.2, -0.15) is 0 Å². The first-order valence-corrected chi connectivity index (χ1v) is 9.03. The van der Waals surface area contributed by atoms with E-state index in [1.165, 1.54) is 6.07 Å². The van der Waals surface area contributed by atoms with E-state index >= 15 is 0 Å². The number of ether oxygens (including phenoxy) is 1. The van der Waals surface area contributed by atoms with Crippen molar-refractivity contribution < 1.29 is 24.2 Å². The third-order valence-electron chi connectivity index (χ3n) is 4.76. The Bertz CT molecular complexity index is 896. The summed E-state index contributed by atoms with van der Waals surface area (Å²) in [7, 11) is 1.54. The van der Waals surface area contributed by atoms with Crippen LogP contribution in [0.3, 0.4) is 0 Å². The molecule has 0 aliphatic carbocycles. The van der Waals surface area contributed by atoms with Crippen LogP contribution in [0, 0.1) is 5.92 Å². The average Bonchev–Trinajstić information content (AvgIpc) is 3.09. The first-order chi connectivity index (χ1) is 13.5.